The van der Waals surface area contributed by atoms with Crippen molar-refractivity contribution in [2.24, 2.45) is 5.73 Å². The number of nitriles is 1. The number of carbonyl (C=O) groups is 1. The van der Waals surface area contributed by atoms with Crippen LogP contribution in [0, 0.1) is 11.3 Å². The highest BCUT2D eigenvalue weighted by molar-refractivity contribution is 7.98. The Morgan fingerprint density at radius 2 is 2.39 bits per heavy atom. The maximum absolute atomic E-state index is 11.8. The number of hydrogen-bond donors (Lipinski definition) is 2. The van der Waals surface area contributed by atoms with Crippen LogP contribution in [0.3, 0.4) is 0 Å². The van der Waals surface area contributed by atoms with Gasteiger partial charge in [-0.2, -0.15) is 17.0 Å². The first-order valence-electron chi connectivity index (χ1n) is 5.71. The maximum Gasteiger partial charge on any atom is 0.251 e. The number of nitrogens with zero attached hydrogens (tertiary/aromatic N) is 1. The highest BCUT2D eigenvalue weighted by Crippen LogP contribution is 2.29. The number of rotatable bonds is 6. The summed E-state index contributed by atoms with van der Waals surface area (Å²) in [6.07, 6.45) is 2.40. The van der Waals surface area contributed by atoms with Crippen molar-refractivity contribution in [3.63, 3.8) is 0 Å². The molecule has 18 heavy (non-hydrogen) atoms. The van der Waals surface area contributed by atoms with E-state index in [4.69, 9.17) is 11.0 Å². The smallest absolute Gasteiger partial charge is 0.251 e. The van der Waals surface area contributed by atoms with Crippen molar-refractivity contribution in [2.75, 3.05) is 19.3 Å². The minimum atomic E-state index is -0.126. The zero-order chi connectivity index (χ0) is 13.4. The second-order valence-electron chi connectivity index (χ2n) is 3.76. The quantitative estimate of drug-likeness (QED) is 0.818. The van der Waals surface area contributed by atoms with E-state index in [0.717, 1.165) is 5.56 Å². The SMILES string of the molecule is CSC(CC#N)c1cccc(C(=O)NCCN)c1. The summed E-state index contributed by atoms with van der Waals surface area (Å²) < 4.78 is 0. The lowest BCUT2D eigenvalue weighted by Crippen LogP contribution is -2.29. The largest absolute Gasteiger partial charge is 0.351 e. The number of thioether (sulfide) groups is 1. The number of benzene rings is 1. The van der Waals surface area contributed by atoms with Gasteiger partial charge in [-0.1, -0.05) is 12.1 Å². The Kier molecular flexibility index (Phi) is 6.26. The first kappa shape index (κ1) is 14.6. The maximum atomic E-state index is 11.8. The van der Waals surface area contributed by atoms with E-state index in [1.165, 1.54) is 0 Å². The average molecular weight is 263 g/mol. The van der Waals surface area contributed by atoms with Gasteiger partial charge in [-0.3, -0.25) is 4.79 Å². The van der Waals surface area contributed by atoms with Crippen LogP contribution in [-0.2, 0) is 0 Å². The van der Waals surface area contributed by atoms with Gasteiger partial charge in [0.05, 0.1) is 12.5 Å². The number of nitrogens with two attached hydrogens (primary N) is 1. The van der Waals surface area contributed by atoms with E-state index in [-0.39, 0.29) is 11.2 Å². The normalized spacial score (nSPS) is 11.6. The van der Waals surface area contributed by atoms with Gasteiger partial charge in [-0.05, 0) is 24.0 Å². The van der Waals surface area contributed by atoms with Crippen molar-refractivity contribution in [3.8, 4) is 6.07 Å². The van der Waals surface area contributed by atoms with Crippen LogP contribution in [0.25, 0.3) is 0 Å². The van der Waals surface area contributed by atoms with Crippen molar-refractivity contribution >= 4 is 17.7 Å². The van der Waals surface area contributed by atoms with Gasteiger partial charge in [0.1, 0.15) is 0 Å². The second kappa shape index (κ2) is 7.75. The average Bonchev–Trinajstić information content (AvgIpc) is 2.42. The van der Waals surface area contributed by atoms with Gasteiger partial charge in [0.25, 0.3) is 5.91 Å². The molecule has 1 aromatic rings. The third-order valence-electron chi connectivity index (χ3n) is 2.51. The molecule has 0 radical (unpaired) electrons. The molecule has 1 aromatic carbocycles. The second-order valence-corrected chi connectivity index (χ2v) is 4.80. The topological polar surface area (TPSA) is 78.9 Å². The number of hydrogen-bond acceptors (Lipinski definition) is 4. The van der Waals surface area contributed by atoms with E-state index in [1.807, 2.05) is 24.5 Å². The summed E-state index contributed by atoms with van der Waals surface area (Å²) in [6.45, 7) is 0.889. The lowest BCUT2D eigenvalue weighted by molar-refractivity contribution is 0.0954. The molecule has 5 heteroatoms. The molecule has 0 fully saturated rings. The molecule has 1 unspecified atom stereocenters. The van der Waals surface area contributed by atoms with Gasteiger partial charge in [0, 0.05) is 23.9 Å². The number of amides is 1. The van der Waals surface area contributed by atoms with Crippen molar-refractivity contribution < 1.29 is 4.79 Å². The molecule has 0 heterocycles. The molecule has 0 bridgehead atoms. The van der Waals surface area contributed by atoms with Crippen LogP contribution in [-0.4, -0.2) is 25.3 Å². The van der Waals surface area contributed by atoms with Crippen LogP contribution in [0.15, 0.2) is 24.3 Å². The van der Waals surface area contributed by atoms with Gasteiger partial charge >= 0.3 is 0 Å². The summed E-state index contributed by atoms with van der Waals surface area (Å²) in [5.41, 5.74) is 6.95. The zero-order valence-corrected chi connectivity index (χ0v) is 11.2. The summed E-state index contributed by atoms with van der Waals surface area (Å²) in [4.78, 5) is 11.8. The third-order valence-corrected chi connectivity index (χ3v) is 3.52. The Bertz CT molecular complexity index is 442. The van der Waals surface area contributed by atoms with Gasteiger partial charge in [0.2, 0.25) is 0 Å². The van der Waals surface area contributed by atoms with Gasteiger partial charge in [0.15, 0.2) is 0 Å². The summed E-state index contributed by atoms with van der Waals surface area (Å²) in [6, 6.07) is 9.55. The van der Waals surface area contributed by atoms with Crippen LogP contribution in [0.4, 0.5) is 0 Å². The molecule has 1 atom stereocenters. The van der Waals surface area contributed by atoms with E-state index in [2.05, 4.69) is 11.4 Å². The van der Waals surface area contributed by atoms with E-state index in [1.54, 1.807) is 17.8 Å². The standard InChI is InChI=1S/C13H17N3OS/c1-18-12(5-6-14)10-3-2-4-11(9-10)13(17)16-8-7-15/h2-4,9,12H,5,7-8,15H2,1H3,(H,16,17). The van der Waals surface area contributed by atoms with Crippen molar-refractivity contribution in [1.29, 1.82) is 5.26 Å². The molecular formula is C13H17N3OS. The minimum absolute atomic E-state index is 0.109. The fourth-order valence-electron chi connectivity index (χ4n) is 1.59. The molecule has 0 aliphatic heterocycles. The predicted octanol–water partition coefficient (Wildman–Crippen LogP) is 1.69. The molecule has 0 saturated heterocycles. The van der Waals surface area contributed by atoms with Crippen molar-refractivity contribution in [3.05, 3.63) is 35.4 Å². The van der Waals surface area contributed by atoms with Gasteiger partial charge in [-0.15, -0.1) is 0 Å². The molecule has 0 aliphatic rings. The molecule has 0 saturated carbocycles. The lowest BCUT2D eigenvalue weighted by Gasteiger charge is -2.12. The number of carbonyl (C=O) groups excluding carboxylic acids is 1. The fourth-order valence-corrected chi connectivity index (χ4v) is 2.25. The third kappa shape index (κ3) is 4.06. The van der Waals surface area contributed by atoms with E-state index >= 15 is 0 Å². The first-order chi connectivity index (χ1) is 8.72. The Balaban J connectivity index is 2.84. The van der Waals surface area contributed by atoms with Crippen LogP contribution >= 0.6 is 11.8 Å². The van der Waals surface area contributed by atoms with Crippen molar-refractivity contribution in [1.82, 2.24) is 5.32 Å². The highest BCUT2D eigenvalue weighted by Gasteiger charge is 2.12. The summed E-state index contributed by atoms with van der Waals surface area (Å²) in [5, 5.41) is 11.6. The van der Waals surface area contributed by atoms with E-state index in [9.17, 15) is 4.79 Å². The van der Waals surface area contributed by atoms with Crippen LogP contribution in [0.1, 0.15) is 27.6 Å². The minimum Gasteiger partial charge on any atom is -0.351 e. The molecule has 0 aliphatic carbocycles. The van der Waals surface area contributed by atoms with Crippen LogP contribution < -0.4 is 11.1 Å². The highest BCUT2D eigenvalue weighted by atomic mass is 32.2. The zero-order valence-electron chi connectivity index (χ0n) is 10.3. The lowest BCUT2D eigenvalue weighted by atomic mass is 10.1. The number of nitrogens with one attached hydrogen (secondary N) is 1. The van der Waals surface area contributed by atoms with E-state index in [0.29, 0.717) is 25.1 Å². The van der Waals surface area contributed by atoms with Crippen molar-refractivity contribution in [2.45, 2.75) is 11.7 Å². The molecule has 4 nitrogen and oxygen atoms in total. The van der Waals surface area contributed by atoms with Gasteiger partial charge < -0.3 is 11.1 Å². The predicted molar refractivity (Wildman–Crippen MR) is 74.3 cm³/mol. The molecule has 0 spiro atoms. The fraction of sp³-hybridized carbons (Fsp3) is 0.385. The molecule has 96 valence electrons. The summed E-state index contributed by atoms with van der Waals surface area (Å²) >= 11 is 1.61. The van der Waals surface area contributed by atoms with Crippen LogP contribution in [0.5, 0.6) is 0 Å². The molecule has 0 aromatic heterocycles. The molecule has 3 N–H and O–H groups in total. The molecular weight excluding hydrogens is 246 g/mol. The Labute approximate surface area is 112 Å². The Morgan fingerprint density at radius 3 is 3.00 bits per heavy atom. The monoisotopic (exact) mass is 263 g/mol. The first-order valence-corrected chi connectivity index (χ1v) is 6.99. The Hall–Kier alpha value is -1.51. The summed E-state index contributed by atoms with van der Waals surface area (Å²) in [7, 11) is 0. The molecule has 1 rings (SSSR count). The van der Waals surface area contributed by atoms with Gasteiger partial charge in [-0.25, -0.2) is 0 Å². The van der Waals surface area contributed by atoms with E-state index < -0.39 is 0 Å². The molecule has 1 amide bonds. The summed E-state index contributed by atoms with van der Waals surface area (Å²) in [5.74, 6) is -0.126. The Morgan fingerprint density at radius 1 is 1.61 bits per heavy atom. The van der Waals surface area contributed by atoms with Crippen LogP contribution in [0.2, 0.25) is 0 Å².